The van der Waals surface area contributed by atoms with Crippen molar-refractivity contribution in [3.05, 3.63) is 62.8 Å². The number of nitrogens with zero attached hydrogens (tertiary/aromatic N) is 3. The van der Waals surface area contributed by atoms with E-state index in [0.29, 0.717) is 27.9 Å². The van der Waals surface area contributed by atoms with Crippen LogP contribution in [-0.2, 0) is 6.54 Å². The summed E-state index contributed by atoms with van der Waals surface area (Å²) < 4.78 is 7.25. The first-order valence-electron chi connectivity index (χ1n) is 6.73. The summed E-state index contributed by atoms with van der Waals surface area (Å²) in [7, 11) is 0. The average Bonchev–Trinajstić information content (AvgIpc) is 2.92. The zero-order valence-corrected chi connectivity index (χ0v) is 13.3. The topological polar surface area (TPSA) is 70.2 Å². The van der Waals surface area contributed by atoms with E-state index in [-0.39, 0.29) is 12.3 Å². The molecule has 0 amide bonds. The van der Waals surface area contributed by atoms with Gasteiger partial charge in [-0.25, -0.2) is 0 Å². The monoisotopic (exact) mass is 351 g/mol. The van der Waals surface area contributed by atoms with E-state index in [0.717, 1.165) is 5.39 Å². The lowest BCUT2D eigenvalue weighted by atomic mass is 10.2. The molecule has 0 spiro atoms. The molecule has 3 rings (SSSR count). The van der Waals surface area contributed by atoms with Crippen LogP contribution in [0.25, 0.3) is 10.9 Å². The highest BCUT2D eigenvalue weighted by atomic mass is 35.5. The molecule has 8 heteroatoms. The molecule has 0 atom stereocenters. The van der Waals surface area contributed by atoms with Crippen molar-refractivity contribution in [2.24, 2.45) is 0 Å². The Morgan fingerprint density at radius 2 is 1.96 bits per heavy atom. The highest BCUT2D eigenvalue weighted by Gasteiger charge is 2.11. The standard InChI is InChI=1S/C15H11Cl2N3O3/c16-12-2-1-3-13(17)15(12)23-7-6-19-14-8-11(20(21)22)5-4-10(14)9-18-19/h1-5,8-9H,6-7H2. The van der Waals surface area contributed by atoms with Gasteiger partial charge in [-0.15, -0.1) is 0 Å². The number of hydrogen-bond acceptors (Lipinski definition) is 4. The lowest BCUT2D eigenvalue weighted by Crippen LogP contribution is -2.09. The molecule has 1 heterocycles. The van der Waals surface area contributed by atoms with E-state index in [1.54, 1.807) is 35.1 Å². The van der Waals surface area contributed by atoms with E-state index in [9.17, 15) is 10.1 Å². The molecule has 0 radical (unpaired) electrons. The minimum absolute atomic E-state index is 0.0225. The molecule has 0 saturated carbocycles. The van der Waals surface area contributed by atoms with Crippen LogP contribution in [0.15, 0.2) is 42.6 Å². The van der Waals surface area contributed by atoms with E-state index in [1.165, 1.54) is 12.1 Å². The second-order valence-electron chi connectivity index (χ2n) is 4.77. The number of nitro benzene ring substituents is 1. The Morgan fingerprint density at radius 3 is 2.65 bits per heavy atom. The number of ether oxygens (including phenoxy) is 1. The zero-order valence-electron chi connectivity index (χ0n) is 11.8. The number of nitro groups is 1. The van der Waals surface area contributed by atoms with Crippen molar-refractivity contribution >= 4 is 39.8 Å². The van der Waals surface area contributed by atoms with E-state index in [4.69, 9.17) is 27.9 Å². The molecule has 0 N–H and O–H groups in total. The third-order valence-corrected chi connectivity index (χ3v) is 3.90. The van der Waals surface area contributed by atoms with Gasteiger partial charge in [-0.3, -0.25) is 14.8 Å². The molecule has 0 saturated heterocycles. The van der Waals surface area contributed by atoms with Crippen LogP contribution in [0.2, 0.25) is 10.0 Å². The minimum Gasteiger partial charge on any atom is -0.489 e. The fraction of sp³-hybridized carbons (Fsp3) is 0.133. The third-order valence-electron chi connectivity index (χ3n) is 3.31. The summed E-state index contributed by atoms with van der Waals surface area (Å²) in [5.74, 6) is 0.415. The maximum atomic E-state index is 10.9. The van der Waals surface area contributed by atoms with E-state index in [2.05, 4.69) is 5.10 Å². The molecular weight excluding hydrogens is 341 g/mol. The van der Waals surface area contributed by atoms with Crippen LogP contribution >= 0.6 is 23.2 Å². The maximum Gasteiger partial charge on any atom is 0.271 e. The van der Waals surface area contributed by atoms with Crippen molar-refractivity contribution in [1.82, 2.24) is 9.78 Å². The predicted molar refractivity (Wildman–Crippen MR) is 88.3 cm³/mol. The first-order valence-corrected chi connectivity index (χ1v) is 7.48. The smallest absolute Gasteiger partial charge is 0.271 e. The highest BCUT2D eigenvalue weighted by molar-refractivity contribution is 6.37. The Kier molecular flexibility index (Phi) is 4.36. The van der Waals surface area contributed by atoms with Crippen LogP contribution in [-0.4, -0.2) is 21.3 Å². The van der Waals surface area contributed by atoms with E-state index in [1.807, 2.05) is 0 Å². The van der Waals surface area contributed by atoms with Gasteiger partial charge in [0.2, 0.25) is 0 Å². The number of aromatic nitrogens is 2. The third kappa shape index (κ3) is 3.23. The maximum absolute atomic E-state index is 10.9. The fourth-order valence-corrected chi connectivity index (χ4v) is 2.71. The fourth-order valence-electron chi connectivity index (χ4n) is 2.21. The van der Waals surface area contributed by atoms with Crippen molar-refractivity contribution in [3.8, 4) is 5.75 Å². The molecule has 1 aromatic heterocycles. The number of non-ortho nitro benzene ring substituents is 1. The second-order valence-corrected chi connectivity index (χ2v) is 5.58. The predicted octanol–water partition coefficient (Wildman–Crippen LogP) is 4.33. The van der Waals surface area contributed by atoms with Crippen molar-refractivity contribution in [2.75, 3.05) is 6.61 Å². The van der Waals surface area contributed by atoms with Crippen LogP contribution in [0.1, 0.15) is 0 Å². The van der Waals surface area contributed by atoms with Crippen molar-refractivity contribution in [3.63, 3.8) is 0 Å². The van der Waals surface area contributed by atoms with Crippen LogP contribution in [0.4, 0.5) is 5.69 Å². The van der Waals surface area contributed by atoms with Gasteiger partial charge >= 0.3 is 0 Å². The molecule has 6 nitrogen and oxygen atoms in total. The molecule has 23 heavy (non-hydrogen) atoms. The highest BCUT2D eigenvalue weighted by Crippen LogP contribution is 2.32. The molecule has 118 valence electrons. The second kappa shape index (κ2) is 6.44. The molecule has 3 aromatic rings. The number of benzene rings is 2. The Hall–Kier alpha value is -2.31. The summed E-state index contributed by atoms with van der Waals surface area (Å²) in [6, 6.07) is 9.73. The van der Waals surface area contributed by atoms with Crippen molar-refractivity contribution < 1.29 is 9.66 Å². The molecule has 0 unspecified atom stereocenters. The molecular formula is C15H11Cl2N3O3. The Morgan fingerprint density at radius 1 is 1.22 bits per heavy atom. The summed E-state index contributed by atoms with van der Waals surface area (Å²) >= 11 is 12.1. The number of para-hydroxylation sites is 1. The lowest BCUT2D eigenvalue weighted by molar-refractivity contribution is -0.384. The van der Waals surface area contributed by atoms with Crippen LogP contribution in [0.3, 0.4) is 0 Å². The average molecular weight is 352 g/mol. The van der Waals surface area contributed by atoms with Gasteiger partial charge in [0.1, 0.15) is 6.61 Å². The molecule has 0 aliphatic carbocycles. The number of fused-ring (bicyclic) bond motifs is 1. The lowest BCUT2D eigenvalue weighted by Gasteiger charge is -2.10. The zero-order chi connectivity index (χ0) is 16.4. The molecule has 0 aliphatic heterocycles. The van der Waals surface area contributed by atoms with Crippen LogP contribution in [0.5, 0.6) is 5.75 Å². The van der Waals surface area contributed by atoms with Gasteiger partial charge in [-0.1, -0.05) is 29.3 Å². The van der Waals surface area contributed by atoms with Gasteiger partial charge < -0.3 is 4.74 Å². The molecule has 0 bridgehead atoms. The summed E-state index contributed by atoms with van der Waals surface area (Å²) in [5.41, 5.74) is 0.697. The normalized spacial score (nSPS) is 10.9. The van der Waals surface area contributed by atoms with Crippen molar-refractivity contribution in [2.45, 2.75) is 6.54 Å². The van der Waals surface area contributed by atoms with Gasteiger partial charge in [0.25, 0.3) is 5.69 Å². The summed E-state index contributed by atoms with van der Waals surface area (Å²) in [5, 5.41) is 16.8. The SMILES string of the molecule is O=[N+]([O-])c1ccc2cnn(CCOc3c(Cl)cccc3Cl)c2c1. The van der Waals surface area contributed by atoms with Gasteiger partial charge in [-0.2, -0.15) is 5.10 Å². The van der Waals surface area contributed by atoms with E-state index < -0.39 is 4.92 Å². The van der Waals surface area contributed by atoms with Gasteiger partial charge in [0.05, 0.1) is 33.2 Å². The van der Waals surface area contributed by atoms with Gasteiger partial charge in [0.15, 0.2) is 5.75 Å². The first kappa shape index (κ1) is 15.6. The Bertz CT molecular complexity index is 859. The summed E-state index contributed by atoms with van der Waals surface area (Å²) in [4.78, 5) is 10.4. The number of halogens is 2. The van der Waals surface area contributed by atoms with Crippen molar-refractivity contribution in [1.29, 1.82) is 0 Å². The van der Waals surface area contributed by atoms with E-state index >= 15 is 0 Å². The molecule has 2 aromatic carbocycles. The summed E-state index contributed by atoms with van der Waals surface area (Å²) in [6.07, 6.45) is 1.65. The van der Waals surface area contributed by atoms with Crippen LogP contribution in [0, 0.1) is 10.1 Å². The first-order chi connectivity index (χ1) is 11.1. The Balaban J connectivity index is 1.77. The number of hydrogen-bond donors (Lipinski definition) is 0. The van der Waals surface area contributed by atoms with Gasteiger partial charge in [-0.05, 0) is 18.2 Å². The van der Waals surface area contributed by atoms with Gasteiger partial charge in [0, 0.05) is 17.5 Å². The summed E-state index contributed by atoms with van der Waals surface area (Å²) in [6.45, 7) is 0.690. The van der Waals surface area contributed by atoms with Crippen LogP contribution < -0.4 is 4.74 Å². The largest absolute Gasteiger partial charge is 0.489 e. The minimum atomic E-state index is -0.434. The number of rotatable bonds is 5. The molecule has 0 fully saturated rings. The quantitative estimate of drug-likeness (QED) is 0.506. The molecule has 0 aliphatic rings. The Labute approximate surface area is 141 Å².